The predicted molar refractivity (Wildman–Crippen MR) is 104 cm³/mol. The zero-order valence-corrected chi connectivity index (χ0v) is 15.6. The molecular formula is C22H23N3O3. The first-order valence-corrected chi connectivity index (χ1v) is 9.63. The van der Waals surface area contributed by atoms with Crippen molar-refractivity contribution in [2.45, 2.75) is 31.8 Å². The molecule has 1 aromatic carbocycles. The molecule has 1 saturated heterocycles. The number of β-amino-alcohol motifs (C(OH)–C–C–N with tert-alkyl or cyclic N) is 1. The number of hydrogen-bond acceptors (Lipinski definition) is 5. The zero-order valence-electron chi connectivity index (χ0n) is 15.6. The van der Waals surface area contributed by atoms with Gasteiger partial charge in [0, 0.05) is 49.6 Å². The second-order valence-corrected chi connectivity index (χ2v) is 7.45. The number of rotatable bonds is 5. The molecule has 0 saturated carbocycles. The Hall–Kier alpha value is -2.86. The molecule has 0 spiro atoms. The molecule has 1 amide bonds. The fourth-order valence-corrected chi connectivity index (χ4v) is 4.10. The summed E-state index contributed by atoms with van der Waals surface area (Å²) in [4.78, 5) is 35.2. The maximum Gasteiger partial charge on any atom is 0.227 e. The number of aliphatic hydroxyl groups is 1. The molecule has 1 aromatic heterocycles. The minimum Gasteiger partial charge on any atom is -0.391 e. The molecule has 2 aliphatic rings. The smallest absolute Gasteiger partial charge is 0.227 e. The third kappa shape index (κ3) is 3.87. The number of aliphatic hydroxyl groups excluding tert-OH is 1. The minimum atomic E-state index is -0.590. The molecule has 144 valence electrons. The maximum atomic E-state index is 12.9. The van der Waals surface area contributed by atoms with Crippen LogP contribution in [0.2, 0.25) is 0 Å². The molecule has 1 fully saturated rings. The lowest BCUT2D eigenvalue weighted by atomic mass is 9.99. The summed E-state index contributed by atoms with van der Waals surface area (Å²) in [7, 11) is 0. The van der Waals surface area contributed by atoms with Crippen LogP contribution >= 0.6 is 0 Å². The first-order valence-electron chi connectivity index (χ1n) is 9.63. The number of benzene rings is 1. The van der Waals surface area contributed by atoms with E-state index >= 15 is 0 Å². The topological polar surface area (TPSA) is 83.4 Å². The van der Waals surface area contributed by atoms with Crippen LogP contribution < -0.4 is 0 Å². The van der Waals surface area contributed by atoms with E-state index in [9.17, 15) is 14.7 Å². The number of nitrogens with zero attached hydrogens (tertiary/aromatic N) is 3. The normalized spacial score (nSPS) is 22.2. The molecule has 2 heterocycles. The van der Waals surface area contributed by atoms with E-state index in [-0.39, 0.29) is 24.0 Å². The first kappa shape index (κ1) is 18.5. The van der Waals surface area contributed by atoms with Crippen LogP contribution in [0.1, 0.15) is 30.5 Å². The van der Waals surface area contributed by atoms with Crippen molar-refractivity contribution in [2.24, 2.45) is 5.92 Å². The van der Waals surface area contributed by atoms with Gasteiger partial charge in [0.1, 0.15) is 0 Å². The Morgan fingerprint density at radius 2 is 1.96 bits per heavy atom. The Kier molecular flexibility index (Phi) is 5.30. The highest BCUT2D eigenvalue weighted by Gasteiger charge is 2.35. The molecule has 6 heteroatoms. The van der Waals surface area contributed by atoms with Crippen LogP contribution in [0.4, 0.5) is 0 Å². The number of allylic oxidation sites excluding steroid dienone is 1. The Morgan fingerprint density at radius 1 is 1.14 bits per heavy atom. The van der Waals surface area contributed by atoms with Gasteiger partial charge in [-0.15, -0.1) is 0 Å². The Labute approximate surface area is 163 Å². The highest BCUT2D eigenvalue weighted by atomic mass is 16.3. The first-order chi connectivity index (χ1) is 13.6. The van der Waals surface area contributed by atoms with E-state index in [1.54, 1.807) is 23.5 Å². The molecule has 4 rings (SSSR count). The van der Waals surface area contributed by atoms with Crippen molar-refractivity contribution in [3.05, 3.63) is 65.8 Å². The third-order valence-corrected chi connectivity index (χ3v) is 5.60. The van der Waals surface area contributed by atoms with Gasteiger partial charge in [-0.1, -0.05) is 30.3 Å². The summed E-state index contributed by atoms with van der Waals surface area (Å²) in [6.07, 6.45) is 6.17. The summed E-state index contributed by atoms with van der Waals surface area (Å²) in [6.45, 7) is 0.768. The third-order valence-electron chi connectivity index (χ3n) is 5.60. The van der Waals surface area contributed by atoms with E-state index in [0.29, 0.717) is 37.9 Å². The Bertz CT molecular complexity index is 896. The number of carbonyl (C=O) groups excluding carboxylic acids is 2. The highest BCUT2D eigenvalue weighted by molar-refractivity contribution is 6.10. The second-order valence-electron chi connectivity index (χ2n) is 7.45. The van der Waals surface area contributed by atoms with E-state index in [2.05, 4.69) is 9.97 Å². The van der Waals surface area contributed by atoms with Crippen molar-refractivity contribution in [3.63, 3.8) is 0 Å². The number of amides is 1. The van der Waals surface area contributed by atoms with Gasteiger partial charge in [0.25, 0.3) is 0 Å². The molecule has 0 radical (unpaired) electrons. The molecular weight excluding hydrogens is 354 g/mol. The van der Waals surface area contributed by atoms with Crippen LogP contribution in [0.5, 0.6) is 0 Å². The molecule has 6 nitrogen and oxygen atoms in total. The average molecular weight is 377 g/mol. The van der Waals surface area contributed by atoms with Crippen LogP contribution in [0.15, 0.2) is 54.5 Å². The number of ketones is 1. The van der Waals surface area contributed by atoms with Gasteiger partial charge in [0.15, 0.2) is 5.78 Å². The number of likely N-dealkylation sites (tertiary alicyclic amines) is 1. The SMILES string of the molecule is O=C1CCC(c2ccccc2)=C1CC(=O)N1C[C@@H](Cc2cnccn2)[C@H](O)C1. The van der Waals surface area contributed by atoms with Gasteiger partial charge in [-0.25, -0.2) is 0 Å². The molecule has 1 aliphatic heterocycles. The van der Waals surface area contributed by atoms with E-state index in [1.165, 1.54) is 0 Å². The predicted octanol–water partition coefficient (Wildman–Crippen LogP) is 2.05. The number of hydrogen-bond donors (Lipinski definition) is 1. The fraction of sp³-hybridized carbons (Fsp3) is 0.364. The van der Waals surface area contributed by atoms with E-state index in [1.807, 2.05) is 30.3 Å². The lowest BCUT2D eigenvalue weighted by Gasteiger charge is -2.17. The van der Waals surface area contributed by atoms with Gasteiger partial charge in [-0.2, -0.15) is 0 Å². The number of Topliss-reactive ketones (excluding diaryl/α,β-unsaturated/α-hetero) is 1. The molecule has 2 aromatic rings. The van der Waals surface area contributed by atoms with Gasteiger partial charge in [0.2, 0.25) is 5.91 Å². The van der Waals surface area contributed by atoms with Crippen LogP contribution in [0, 0.1) is 5.92 Å². The lowest BCUT2D eigenvalue weighted by molar-refractivity contribution is -0.130. The van der Waals surface area contributed by atoms with Gasteiger partial charge in [-0.05, 0) is 24.0 Å². The molecule has 0 unspecified atom stereocenters. The van der Waals surface area contributed by atoms with E-state index in [4.69, 9.17) is 0 Å². The highest BCUT2D eigenvalue weighted by Crippen LogP contribution is 2.34. The number of aromatic nitrogens is 2. The summed E-state index contributed by atoms with van der Waals surface area (Å²) in [6, 6.07) is 9.79. The molecule has 1 N–H and O–H groups in total. The number of carbonyl (C=O) groups is 2. The van der Waals surface area contributed by atoms with Crippen molar-refractivity contribution in [1.82, 2.24) is 14.9 Å². The van der Waals surface area contributed by atoms with Gasteiger partial charge in [-0.3, -0.25) is 19.6 Å². The summed E-state index contributed by atoms with van der Waals surface area (Å²) < 4.78 is 0. The molecule has 2 atom stereocenters. The Balaban J connectivity index is 1.45. The standard InChI is InChI=1S/C22H23N3O3/c26-20-7-6-18(15-4-2-1-3-5-15)19(20)11-22(28)25-13-16(21(27)14-25)10-17-12-23-8-9-24-17/h1-5,8-9,12,16,21,27H,6-7,10-11,13-14H2/t16-,21-/m1/s1. The van der Waals surface area contributed by atoms with Crippen LogP contribution in [-0.4, -0.2) is 50.9 Å². The monoisotopic (exact) mass is 377 g/mol. The van der Waals surface area contributed by atoms with Crippen molar-refractivity contribution in [3.8, 4) is 0 Å². The van der Waals surface area contributed by atoms with Crippen molar-refractivity contribution in [2.75, 3.05) is 13.1 Å². The summed E-state index contributed by atoms with van der Waals surface area (Å²) in [5, 5.41) is 10.4. The quantitative estimate of drug-likeness (QED) is 0.862. The molecule has 1 aliphatic carbocycles. The van der Waals surface area contributed by atoms with E-state index in [0.717, 1.165) is 16.8 Å². The lowest BCUT2D eigenvalue weighted by Crippen LogP contribution is -2.30. The Morgan fingerprint density at radius 3 is 2.71 bits per heavy atom. The van der Waals surface area contributed by atoms with Crippen molar-refractivity contribution >= 4 is 17.3 Å². The van der Waals surface area contributed by atoms with Gasteiger partial charge in [0.05, 0.1) is 18.2 Å². The van der Waals surface area contributed by atoms with Crippen LogP contribution in [-0.2, 0) is 16.0 Å². The zero-order chi connectivity index (χ0) is 19.5. The largest absolute Gasteiger partial charge is 0.391 e. The van der Waals surface area contributed by atoms with E-state index < -0.39 is 6.10 Å². The van der Waals surface area contributed by atoms with Crippen LogP contribution in [0.25, 0.3) is 5.57 Å². The van der Waals surface area contributed by atoms with Crippen LogP contribution in [0.3, 0.4) is 0 Å². The summed E-state index contributed by atoms with van der Waals surface area (Å²) in [5.74, 6) is -0.107. The minimum absolute atomic E-state index is 0.0584. The van der Waals surface area contributed by atoms with Crippen molar-refractivity contribution < 1.29 is 14.7 Å². The van der Waals surface area contributed by atoms with Crippen molar-refractivity contribution in [1.29, 1.82) is 0 Å². The maximum absolute atomic E-state index is 12.9. The van der Waals surface area contributed by atoms with Gasteiger partial charge < -0.3 is 10.0 Å². The molecule has 0 bridgehead atoms. The van der Waals surface area contributed by atoms with Gasteiger partial charge >= 0.3 is 0 Å². The fourth-order valence-electron chi connectivity index (χ4n) is 4.10. The molecule has 28 heavy (non-hydrogen) atoms. The summed E-state index contributed by atoms with van der Waals surface area (Å²) >= 11 is 0. The summed E-state index contributed by atoms with van der Waals surface area (Å²) in [5.41, 5.74) is 3.43. The second kappa shape index (κ2) is 8.02. The average Bonchev–Trinajstić information content (AvgIpc) is 3.26.